The molecule has 6 nitrogen and oxygen atoms in total. The van der Waals surface area contributed by atoms with Crippen LogP contribution in [-0.2, 0) is 0 Å². The van der Waals surface area contributed by atoms with Gasteiger partial charge in [-0.1, -0.05) is 0 Å². The Labute approximate surface area is 54.7 Å². The highest BCUT2D eigenvalue weighted by molar-refractivity contribution is 5.13. The smallest absolute Gasteiger partial charge is 0.358 e. The van der Waals surface area contributed by atoms with Gasteiger partial charge in [-0.3, -0.25) is 4.79 Å². The van der Waals surface area contributed by atoms with Crippen molar-refractivity contribution in [1.29, 1.82) is 0 Å². The van der Waals surface area contributed by atoms with Crippen LogP contribution in [0.2, 0.25) is 0 Å². The van der Waals surface area contributed by atoms with E-state index in [0.29, 0.717) is 0 Å². The van der Waals surface area contributed by atoms with Crippen molar-refractivity contribution in [3.05, 3.63) is 32.6 Å². The second kappa shape index (κ2) is 2.26. The van der Waals surface area contributed by atoms with Crippen molar-refractivity contribution < 1.29 is 4.92 Å². The van der Waals surface area contributed by atoms with E-state index >= 15 is 0 Å². The van der Waals surface area contributed by atoms with Gasteiger partial charge in [0.15, 0.2) is 0 Å². The zero-order valence-electron chi connectivity index (χ0n) is 4.77. The van der Waals surface area contributed by atoms with Crippen LogP contribution in [-0.4, -0.2) is 15.1 Å². The summed E-state index contributed by atoms with van der Waals surface area (Å²) < 4.78 is 0. The molecule has 6 heteroatoms. The lowest BCUT2D eigenvalue weighted by Gasteiger charge is -1.86. The monoisotopic (exact) mass is 141 g/mol. The summed E-state index contributed by atoms with van der Waals surface area (Å²) in [4.78, 5) is 19.6. The first kappa shape index (κ1) is 6.40. The van der Waals surface area contributed by atoms with Crippen molar-refractivity contribution in [1.82, 2.24) is 10.2 Å². The minimum atomic E-state index is -0.685. The molecule has 0 spiro atoms. The van der Waals surface area contributed by atoms with Crippen LogP contribution in [0.4, 0.5) is 5.82 Å². The van der Waals surface area contributed by atoms with E-state index in [9.17, 15) is 14.9 Å². The minimum Gasteiger partial charge on any atom is -0.358 e. The molecule has 10 heavy (non-hydrogen) atoms. The predicted octanol–water partition coefficient (Wildman–Crippen LogP) is -0.322. The Kier molecular flexibility index (Phi) is 1.44. The van der Waals surface area contributed by atoms with E-state index in [-0.39, 0.29) is 5.82 Å². The van der Waals surface area contributed by atoms with Crippen molar-refractivity contribution in [3.63, 3.8) is 0 Å². The molecule has 0 fully saturated rings. The van der Waals surface area contributed by atoms with Gasteiger partial charge in [-0.25, -0.2) is 0 Å². The lowest BCUT2D eigenvalue weighted by Crippen LogP contribution is -2.06. The zero-order valence-corrected chi connectivity index (χ0v) is 4.77. The Morgan fingerprint density at radius 2 is 2.30 bits per heavy atom. The fourth-order valence-corrected chi connectivity index (χ4v) is 0.439. The van der Waals surface area contributed by atoms with E-state index in [1.807, 2.05) is 5.10 Å². The lowest BCUT2D eigenvalue weighted by atomic mass is 10.5. The third-order valence-corrected chi connectivity index (χ3v) is 0.851. The first-order valence-electron chi connectivity index (χ1n) is 2.40. The van der Waals surface area contributed by atoms with E-state index in [0.717, 1.165) is 12.1 Å². The molecule has 52 valence electrons. The highest BCUT2D eigenvalue weighted by Gasteiger charge is 2.03. The lowest BCUT2D eigenvalue weighted by molar-refractivity contribution is -0.390. The van der Waals surface area contributed by atoms with E-state index in [1.54, 1.807) is 0 Å². The second-order valence-corrected chi connectivity index (χ2v) is 1.54. The topological polar surface area (TPSA) is 88.9 Å². The molecular weight excluding hydrogens is 138 g/mol. The van der Waals surface area contributed by atoms with Gasteiger partial charge in [0.1, 0.15) is 0 Å². The fraction of sp³-hybridized carbons (Fsp3) is 0. The Bertz CT molecular complexity index is 284. The second-order valence-electron chi connectivity index (χ2n) is 1.54. The van der Waals surface area contributed by atoms with Gasteiger partial charge in [0.05, 0.1) is 5.10 Å². The van der Waals surface area contributed by atoms with Gasteiger partial charge in [-0.05, 0) is 4.92 Å². The molecule has 0 saturated heterocycles. The van der Waals surface area contributed by atoms with Crippen LogP contribution < -0.4 is 5.56 Å². The maximum Gasteiger partial charge on any atom is 0.388 e. The zero-order chi connectivity index (χ0) is 7.56. The normalized spacial score (nSPS) is 9.20. The first-order valence-corrected chi connectivity index (χ1v) is 2.40. The molecule has 1 heterocycles. The third kappa shape index (κ3) is 1.16. The van der Waals surface area contributed by atoms with Crippen molar-refractivity contribution >= 4 is 5.82 Å². The van der Waals surface area contributed by atoms with Gasteiger partial charge in [-0.2, -0.15) is 0 Å². The van der Waals surface area contributed by atoms with Crippen LogP contribution in [0, 0.1) is 10.1 Å². The average Bonchev–Trinajstić information content (AvgIpc) is 1.88. The Hall–Kier alpha value is -1.72. The number of nitrogens with one attached hydrogen (secondary N) is 1. The van der Waals surface area contributed by atoms with Crippen molar-refractivity contribution in [2.45, 2.75) is 0 Å². The SMILES string of the molecule is O=c1ccc([N+](=O)[O-])n[nH]1. The summed E-state index contributed by atoms with van der Waals surface area (Å²) in [6, 6.07) is 2.09. The standard InChI is InChI=1S/C4H3N3O3/c8-4-2-1-3(5-6-4)7(9)10/h1-2H,(H,6,8). The number of H-pyrrole nitrogens is 1. The van der Waals surface area contributed by atoms with Crippen molar-refractivity contribution in [2.75, 3.05) is 0 Å². The van der Waals surface area contributed by atoms with Gasteiger partial charge in [-0.15, -0.1) is 5.10 Å². The fourth-order valence-electron chi connectivity index (χ4n) is 0.439. The molecule has 0 radical (unpaired) electrons. The van der Waals surface area contributed by atoms with Gasteiger partial charge < -0.3 is 10.1 Å². The number of hydrogen-bond donors (Lipinski definition) is 1. The summed E-state index contributed by atoms with van der Waals surface area (Å²) in [5, 5.41) is 15.0. The number of rotatable bonds is 1. The van der Waals surface area contributed by atoms with Gasteiger partial charge in [0, 0.05) is 12.1 Å². The molecule has 0 saturated carbocycles. The maximum atomic E-state index is 10.3. The van der Waals surface area contributed by atoms with E-state index in [1.165, 1.54) is 0 Å². The van der Waals surface area contributed by atoms with E-state index in [2.05, 4.69) is 5.10 Å². The summed E-state index contributed by atoms with van der Waals surface area (Å²) in [6.45, 7) is 0. The Morgan fingerprint density at radius 1 is 1.60 bits per heavy atom. The molecule has 0 unspecified atom stereocenters. The molecule has 1 rings (SSSR count). The summed E-state index contributed by atoms with van der Waals surface area (Å²) in [7, 11) is 0. The van der Waals surface area contributed by atoms with Gasteiger partial charge >= 0.3 is 5.82 Å². The number of nitro groups is 1. The van der Waals surface area contributed by atoms with Gasteiger partial charge in [0.25, 0.3) is 5.56 Å². The predicted molar refractivity (Wildman–Crippen MR) is 31.5 cm³/mol. The number of aromatic amines is 1. The van der Waals surface area contributed by atoms with Crippen molar-refractivity contribution in [2.24, 2.45) is 0 Å². The van der Waals surface area contributed by atoms with Crippen LogP contribution in [0.25, 0.3) is 0 Å². The van der Waals surface area contributed by atoms with Crippen LogP contribution in [0.3, 0.4) is 0 Å². The molecule has 0 aliphatic carbocycles. The summed E-state index contributed by atoms with van der Waals surface area (Å²) in [6.07, 6.45) is 0. The molecule has 0 bridgehead atoms. The molecule has 1 aromatic heterocycles. The number of aromatic nitrogens is 2. The Morgan fingerprint density at radius 3 is 2.70 bits per heavy atom. The van der Waals surface area contributed by atoms with Crippen LogP contribution in [0.15, 0.2) is 16.9 Å². The van der Waals surface area contributed by atoms with Crippen molar-refractivity contribution in [3.8, 4) is 0 Å². The largest absolute Gasteiger partial charge is 0.388 e. The third-order valence-electron chi connectivity index (χ3n) is 0.851. The molecule has 1 N–H and O–H groups in total. The minimum absolute atomic E-state index is 0.361. The van der Waals surface area contributed by atoms with E-state index in [4.69, 9.17) is 0 Å². The summed E-state index contributed by atoms with van der Waals surface area (Å²) in [5.74, 6) is -0.361. The average molecular weight is 141 g/mol. The Balaban J connectivity index is 3.12. The highest BCUT2D eigenvalue weighted by Crippen LogP contribution is 1.97. The quantitative estimate of drug-likeness (QED) is 0.428. The highest BCUT2D eigenvalue weighted by atomic mass is 16.6. The maximum absolute atomic E-state index is 10.3. The first-order chi connectivity index (χ1) is 4.70. The van der Waals surface area contributed by atoms with Crippen LogP contribution >= 0.6 is 0 Å². The van der Waals surface area contributed by atoms with Gasteiger partial charge in [0.2, 0.25) is 0 Å². The van der Waals surface area contributed by atoms with Crippen LogP contribution in [0.5, 0.6) is 0 Å². The number of nitrogens with zero attached hydrogens (tertiary/aromatic N) is 2. The molecule has 0 aromatic carbocycles. The van der Waals surface area contributed by atoms with E-state index < -0.39 is 10.5 Å². The summed E-state index contributed by atoms with van der Waals surface area (Å²) >= 11 is 0. The van der Waals surface area contributed by atoms with Crippen LogP contribution in [0.1, 0.15) is 0 Å². The molecule has 0 atom stereocenters. The molecule has 1 aromatic rings. The number of hydrogen-bond acceptors (Lipinski definition) is 4. The summed E-state index contributed by atoms with van der Waals surface area (Å²) in [5.41, 5.74) is -0.453. The molecule has 0 aliphatic rings. The molecular formula is C4H3N3O3. The molecule has 0 aliphatic heterocycles. The molecule has 0 amide bonds.